The first-order chi connectivity index (χ1) is 16.4. The fourth-order valence-electron chi connectivity index (χ4n) is 4.09. The van der Waals surface area contributed by atoms with Gasteiger partial charge in [0.15, 0.2) is 5.13 Å². The summed E-state index contributed by atoms with van der Waals surface area (Å²) in [6.45, 7) is 12.2. The number of aromatic nitrogens is 4. The van der Waals surface area contributed by atoms with Gasteiger partial charge in [-0.3, -0.25) is 0 Å². The lowest BCUT2D eigenvalue weighted by atomic mass is 10.1. The minimum absolute atomic E-state index is 0.438. The summed E-state index contributed by atoms with van der Waals surface area (Å²) in [5.74, 6) is 3.09. The number of benzene rings is 1. The van der Waals surface area contributed by atoms with Gasteiger partial charge in [0.1, 0.15) is 11.6 Å². The second kappa shape index (κ2) is 9.23. The van der Waals surface area contributed by atoms with Gasteiger partial charge in [-0.05, 0) is 45.0 Å². The lowest BCUT2D eigenvalue weighted by Crippen LogP contribution is -2.45. The second-order valence-corrected chi connectivity index (χ2v) is 10.3. The van der Waals surface area contributed by atoms with Gasteiger partial charge in [-0.1, -0.05) is 13.8 Å². The van der Waals surface area contributed by atoms with Gasteiger partial charge in [-0.15, -0.1) is 11.3 Å². The molecule has 2 N–H and O–H groups in total. The zero-order valence-corrected chi connectivity index (χ0v) is 21.2. The number of thiazole rings is 1. The molecule has 0 atom stereocenters. The first-order valence-electron chi connectivity index (χ1n) is 11.7. The van der Waals surface area contributed by atoms with Crippen molar-refractivity contribution in [3.63, 3.8) is 0 Å². The van der Waals surface area contributed by atoms with E-state index in [1.54, 1.807) is 11.3 Å². The van der Waals surface area contributed by atoms with Crippen LogP contribution in [-0.4, -0.2) is 58.1 Å². The molecule has 34 heavy (non-hydrogen) atoms. The molecule has 0 bridgehead atoms. The van der Waals surface area contributed by atoms with Gasteiger partial charge < -0.3 is 24.8 Å². The Morgan fingerprint density at radius 2 is 1.88 bits per heavy atom. The number of ether oxygens (including phenoxy) is 1. The number of anilines is 3. The number of fused-ring (bicyclic) bond motifs is 1. The predicted molar refractivity (Wildman–Crippen MR) is 139 cm³/mol. The summed E-state index contributed by atoms with van der Waals surface area (Å²) >= 11 is 1.65. The molecule has 0 spiro atoms. The third-order valence-electron chi connectivity index (χ3n) is 6.18. The number of nitrogens with zero attached hydrogens (tertiary/aromatic N) is 5. The Labute approximate surface area is 204 Å². The number of rotatable bonds is 6. The van der Waals surface area contributed by atoms with Crippen molar-refractivity contribution in [3.05, 3.63) is 46.6 Å². The highest BCUT2D eigenvalue weighted by Gasteiger charge is 2.19. The largest absolute Gasteiger partial charge is 0.438 e. The highest BCUT2D eigenvalue weighted by atomic mass is 32.1. The number of hydrogen-bond donors (Lipinski definition) is 2. The highest BCUT2D eigenvalue weighted by molar-refractivity contribution is 7.15. The molecule has 1 aliphatic rings. The van der Waals surface area contributed by atoms with Crippen molar-refractivity contribution in [2.24, 2.45) is 0 Å². The van der Waals surface area contributed by atoms with Gasteiger partial charge in [-0.2, -0.15) is 9.97 Å². The third kappa shape index (κ3) is 4.71. The van der Waals surface area contributed by atoms with Crippen LogP contribution in [0.5, 0.6) is 11.6 Å². The molecule has 1 aliphatic heterocycles. The van der Waals surface area contributed by atoms with Crippen LogP contribution in [0.1, 0.15) is 35.9 Å². The zero-order valence-electron chi connectivity index (χ0n) is 20.3. The normalized spacial score (nSPS) is 14.8. The molecular weight excluding hydrogens is 446 g/mol. The Morgan fingerprint density at radius 3 is 2.62 bits per heavy atom. The molecule has 1 aromatic carbocycles. The van der Waals surface area contributed by atoms with E-state index in [-0.39, 0.29) is 0 Å². The van der Waals surface area contributed by atoms with Crippen molar-refractivity contribution in [3.8, 4) is 11.6 Å². The summed E-state index contributed by atoms with van der Waals surface area (Å²) in [7, 11) is 2.14. The van der Waals surface area contributed by atoms with Gasteiger partial charge >= 0.3 is 0 Å². The summed E-state index contributed by atoms with van der Waals surface area (Å²) in [5, 5.41) is 5.35. The van der Waals surface area contributed by atoms with Crippen molar-refractivity contribution in [2.45, 2.75) is 33.6 Å². The van der Waals surface area contributed by atoms with Crippen molar-refractivity contribution in [1.82, 2.24) is 24.8 Å². The minimum Gasteiger partial charge on any atom is -0.438 e. The van der Waals surface area contributed by atoms with E-state index in [0.29, 0.717) is 23.6 Å². The molecule has 0 saturated carbocycles. The maximum atomic E-state index is 6.34. The Morgan fingerprint density at radius 1 is 1.09 bits per heavy atom. The van der Waals surface area contributed by atoms with Gasteiger partial charge in [0, 0.05) is 65.5 Å². The number of aromatic amines is 1. The molecular formula is C25H31N7OS. The van der Waals surface area contributed by atoms with Crippen LogP contribution < -0.4 is 15.0 Å². The quantitative estimate of drug-likeness (QED) is 0.382. The van der Waals surface area contributed by atoms with Crippen LogP contribution in [0, 0.1) is 13.8 Å². The van der Waals surface area contributed by atoms with Gasteiger partial charge in [0.2, 0.25) is 11.8 Å². The predicted octanol–water partition coefficient (Wildman–Crippen LogP) is 5.44. The number of nitrogens with one attached hydrogen (secondary N) is 2. The van der Waals surface area contributed by atoms with Gasteiger partial charge in [0.25, 0.3) is 0 Å². The monoisotopic (exact) mass is 477 g/mol. The molecule has 4 heterocycles. The lowest BCUT2D eigenvalue weighted by Gasteiger charge is -2.32. The summed E-state index contributed by atoms with van der Waals surface area (Å²) in [4.78, 5) is 23.3. The van der Waals surface area contributed by atoms with Crippen LogP contribution in [-0.2, 0) is 0 Å². The van der Waals surface area contributed by atoms with Crippen LogP contribution >= 0.6 is 11.3 Å². The standard InChI is InChI=1S/C25H31N7OS/c1-15(2)21-14-26-25(34-21)29-22-13-23(30-24(28-22)32-10-8-31(5)9-11-32)33-20-7-6-19-18(17(20)4)12-16(3)27-19/h6-7,12-15,27H,8-11H2,1-5H3,(H,26,28,29,30). The second-order valence-electron chi connectivity index (χ2n) is 9.23. The van der Waals surface area contributed by atoms with E-state index in [0.717, 1.165) is 59.2 Å². The van der Waals surface area contributed by atoms with Gasteiger partial charge in [0.05, 0.1) is 0 Å². The molecule has 5 rings (SSSR count). The van der Waals surface area contributed by atoms with Crippen molar-refractivity contribution in [2.75, 3.05) is 43.4 Å². The van der Waals surface area contributed by atoms with Crippen LogP contribution in [0.3, 0.4) is 0 Å². The molecule has 1 fully saturated rings. The van der Waals surface area contributed by atoms with Crippen LogP contribution in [0.15, 0.2) is 30.5 Å². The summed E-state index contributed by atoms with van der Waals surface area (Å²) in [6.07, 6.45) is 1.93. The molecule has 8 nitrogen and oxygen atoms in total. The average molecular weight is 478 g/mol. The van der Waals surface area contributed by atoms with E-state index in [2.05, 4.69) is 72.0 Å². The molecule has 9 heteroatoms. The van der Waals surface area contributed by atoms with E-state index in [1.807, 2.05) is 18.3 Å². The first-order valence-corrected chi connectivity index (χ1v) is 12.5. The molecule has 3 aromatic heterocycles. The van der Waals surface area contributed by atoms with Crippen molar-refractivity contribution >= 4 is 39.1 Å². The van der Waals surface area contributed by atoms with E-state index in [1.165, 1.54) is 4.88 Å². The summed E-state index contributed by atoms with van der Waals surface area (Å²) in [6, 6.07) is 8.04. The fraction of sp³-hybridized carbons (Fsp3) is 0.400. The van der Waals surface area contributed by atoms with Gasteiger partial charge in [-0.25, -0.2) is 4.98 Å². The number of H-pyrrole nitrogens is 1. The molecule has 0 unspecified atom stereocenters. The topological polar surface area (TPSA) is 82.2 Å². The van der Waals surface area contributed by atoms with Crippen molar-refractivity contribution in [1.29, 1.82) is 0 Å². The minimum atomic E-state index is 0.438. The average Bonchev–Trinajstić information content (AvgIpc) is 3.43. The van der Waals surface area contributed by atoms with E-state index < -0.39 is 0 Å². The third-order valence-corrected chi connectivity index (χ3v) is 7.39. The van der Waals surface area contributed by atoms with E-state index in [4.69, 9.17) is 14.7 Å². The smallest absolute Gasteiger partial charge is 0.230 e. The highest BCUT2D eigenvalue weighted by Crippen LogP contribution is 2.33. The van der Waals surface area contributed by atoms with Crippen LogP contribution in [0.4, 0.5) is 16.9 Å². The number of hydrogen-bond acceptors (Lipinski definition) is 8. The molecule has 0 amide bonds. The Hall–Kier alpha value is -3.17. The number of aryl methyl sites for hydroxylation is 2. The Kier molecular flexibility index (Phi) is 6.14. The zero-order chi connectivity index (χ0) is 23.8. The molecule has 0 radical (unpaired) electrons. The Balaban J connectivity index is 1.48. The number of piperazine rings is 1. The summed E-state index contributed by atoms with van der Waals surface area (Å²) < 4.78 is 6.34. The lowest BCUT2D eigenvalue weighted by molar-refractivity contribution is 0.310. The Bertz CT molecular complexity index is 1300. The first kappa shape index (κ1) is 22.6. The van der Waals surface area contributed by atoms with Crippen molar-refractivity contribution < 1.29 is 4.74 Å². The maximum absolute atomic E-state index is 6.34. The molecule has 178 valence electrons. The van der Waals surface area contributed by atoms with E-state index >= 15 is 0 Å². The molecule has 4 aromatic rings. The van der Waals surface area contributed by atoms with Crippen LogP contribution in [0.25, 0.3) is 10.9 Å². The molecule has 0 aliphatic carbocycles. The molecule has 1 saturated heterocycles. The van der Waals surface area contributed by atoms with Crippen LogP contribution in [0.2, 0.25) is 0 Å². The number of likely N-dealkylation sites (N-methyl/N-ethyl adjacent to an activating group) is 1. The maximum Gasteiger partial charge on any atom is 0.230 e. The summed E-state index contributed by atoms with van der Waals surface area (Å²) in [5.41, 5.74) is 3.32. The van der Waals surface area contributed by atoms with E-state index in [9.17, 15) is 0 Å². The SMILES string of the molecule is Cc1cc2c(C)c(Oc3cc(Nc4ncc(C(C)C)s4)nc(N4CCN(C)CC4)n3)ccc2[nH]1. The fourth-order valence-corrected chi connectivity index (χ4v) is 4.92.